The molecule has 0 unspecified atom stereocenters. The van der Waals surface area contributed by atoms with Crippen LogP contribution in [0.1, 0.15) is 0 Å². The van der Waals surface area contributed by atoms with Gasteiger partial charge < -0.3 is 0 Å². The Hall–Kier alpha value is -4.58. The van der Waals surface area contributed by atoms with Crippen molar-refractivity contribution in [3.8, 4) is 11.6 Å². The second kappa shape index (κ2) is 6.46. The Labute approximate surface area is 182 Å². The summed E-state index contributed by atoms with van der Waals surface area (Å²) >= 11 is 0. The number of fused-ring (bicyclic) bond motifs is 7. The third kappa shape index (κ3) is 2.23. The van der Waals surface area contributed by atoms with Gasteiger partial charge in [0, 0.05) is 23.2 Å². The Morgan fingerprint density at radius 1 is 0.469 bits per heavy atom. The minimum Gasteiger partial charge on any atom is -0.290 e. The van der Waals surface area contributed by atoms with E-state index >= 15 is 0 Å². The Morgan fingerprint density at radius 2 is 0.906 bits per heavy atom. The van der Waals surface area contributed by atoms with Crippen molar-refractivity contribution in [1.82, 2.24) is 29.3 Å². The van der Waals surface area contributed by atoms with Crippen LogP contribution in [0.15, 0.2) is 97.3 Å². The molecule has 7 aromatic rings. The van der Waals surface area contributed by atoms with Crippen molar-refractivity contribution in [1.29, 1.82) is 0 Å². The van der Waals surface area contributed by atoms with Crippen LogP contribution in [-0.4, -0.2) is 29.3 Å². The summed E-state index contributed by atoms with van der Waals surface area (Å²) in [4.78, 5) is 9.35. The van der Waals surface area contributed by atoms with E-state index in [4.69, 9.17) is 10.2 Å². The van der Waals surface area contributed by atoms with E-state index in [1.54, 1.807) is 0 Å². The highest BCUT2D eigenvalue weighted by Gasteiger charge is 2.23. The second-order valence-corrected chi connectivity index (χ2v) is 7.68. The molecule has 6 nitrogen and oxygen atoms in total. The van der Waals surface area contributed by atoms with Crippen LogP contribution in [0.5, 0.6) is 0 Å². The largest absolute Gasteiger partial charge is 0.290 e. The minimum atomic E-state index is 0.839. The van der Waals surface area contributed by atoms with Gasteiger partial charge in [-0.3, -0.25) is 9.13 Å². The summed E-state index contributed by atoms with van der Waals surface area (Å²) in [5.74, 6) is 1.68. The molecule has 150 valence electrons. The molecule has 0 radical (unpaired) electrons. The molecule has 0 aliphatic heterocycles. The Morgan fingerprint density at radius 3 is 1.34 bits per heavy atom. The monoisotopic (exact) mass is 412 g/mol. The van der Waals surface area contributed by atoms with Gasteiger partial charge in [-0.2, -0.15) is 0 Å². The normalized spacial score (nSPS) is 11.8. The number of rotatable bonds is 2. The van der Waals surface area contributed by atoms with Gasteiger partial charge in [0.1, 0.15) is 33.7 Å². The SMILES string of the molecule is c1ccc(-n2c3ccccc3c3nnc4c5ccccc5n(-c5ccccn5)c4c32)nc1. The van der Waals surface area contributed by atoms with Crippen molar-refractivity contribution in [3.05, 3.63) is 97.3 Å². The van der Waals surface area contributed by atoms with Gasteiger partial charge in [0.2, 0.25) is 0 Å². The molecule has 7 rings (SSSR count). The van der Waals surface area contributed by atoms with E-state index in [0.29, 0.717) is 0 Å². The van der Waals surface area contributed by atoms with E-state index in [1.807, 2.05) is 73.1 Å². The molecule has 2 aromatic carbocycles. The van der Waals surface area contributed by atoms with Crippen molar-refractivity contribution in [2.45, 2.75) is 0 Å². The maximum absolute atomic E-state index is 4.71. The summed E-state index contributed by atoms with van der Waals surface area (Å²) < 4.78 is 4.36. The molecule has 0 atom stereocenters. The number of hydrogen-bond donors (Lipinski definition) is 0. The molecule has 0 N–H and O–H groups in total. The molecule has 0 bridgehead atoms. The number of aromatic nitrogens is 6. The zero-order valence-electron chi connectivity index (χ0n) is 16.9. The van der Waals surface area contributed by atoms with Crippen LogP contribution in [0, 0.1) is 0 Å². The number of para-hydroxylation sites is 2. The fourth-order valence-corrected chi connectivity index (χ4v) is 4.63. The molecule has 6 heteroatoms. The lowest BCUT2D eigenvalue weighted by molar-refractivity contribution is 1.04. The second-order valence-electron chi connectivity index (χ2n) is 7.68. The predicted molar refractivity (Wildman–Crippen MR) is 126 cm³/mol. The number of hydrogen-bond acceptors (Lipinski definition) is 4. The van der Waals surface area contributed by atoms with Crippen molar-refractivity contribution < 1.29 is 0 Å². The molecular weight excluding hydrogens is 396 g/mol. The molecule has 0 aliphatic carbocycles. The van der Waals surface area contributed by atoms with Crippen LogP contribution in [0.4, 0.5) is 0 Å². The van der Waals surface area contributed by atoms with Gasteiger partial charge >= 0.3 is 0 Å². The average molecular weight is 412 g/mol. The maximum Gasteiger partial charge on any atom is 0.137 e. The zero-order chi connectivity index (χ0) is 21.1. The first-order valence-corrected chi connectivity index (χ1v) is 10.4. The quantitative estimate of drug-likeness (QED) is 0.378. The van der Waals surface area contributed by atoms with E-state index < -0.39 is 0 Å². The minimum absolute atomic E-state index is 0.839. The van der Waals surface area contributed by atoms with Crippen LogP contribution in [0.2, 0.25) is 0 Å². The van der Waals surface area contributed by atoms with Crippen LogP contribution in [-0.2, 0) is 0 Å². The topological polar surface area (TPSA) is 61.4 Å². The summed E-state index contributed by atoms with van der Waals surface area (Å²) in [6.45, 7) is 0. The Balaban J connectivity index is 1.81. The van der Waals surface area contributed by atoms with Crippen LogP contribution >= 0.6 is 0 Å². The molecular formula is C26H16N6. The molecule has 32 heavy (non-hydrogen) atoms. The Kier molecular flexibility index (Phi) is 3.46. The maximum atomic E-state index is 4.71. The molecule has 0 spiro atoms. The summed E-state index contributed by atoms with van der Waals surface area (Å²) in [7, 11) is 0. The summed E-state index contributed by atoms with van der Waals surface area (Å²) in [6.07, 6.45) is 3.63. The van der Waals surface area contributed by atoms with Gasteiger partial charge in [-0.1, -0.05) is 48.5 Å². The molecule has 0 amide bonds. The van der Waals surface area contributed by atoms with Crippen LogP contribution < -0.4 is 0 Å². The molecule has 5 heterocycles. The van der Waals surface area contributed by atoms with Crippen LogP contribution in [0.3, 0.4) is 0 Å². The van der Waals surface area contributed by atoms with E-state index in [0.717, 1.165) is 55.5 Å². The lowest BCUT2D eigenvalue weighted by atomic mass is 10.2. The third-order valence-electron chi connectivity index (χ3n) is 5.93. The summed E-state index contributed by atoms with van der Waals surface area (Å²) in [5, 5.41) is 11.5. The number of pyridine rings is 2. The molecule has 0 saturated heterocycles. The van der Waals surface area contributed by atoms with Gasteiger partial charge in [0.25, 0.3) is 0 Å². The average Bonchev–Trinajstić information content (AvgIpc) is 3.38. The summed E-state index contributed by atoms with van der Waals surface area (Å²) in [6, 6.07) is 28.4. The van der Waals surface area contributed by atoms with E-state index in [1.165, 1.54) is 0 Å². The first-order chi connectivity index (χ1) is 15.9. The van der Waals surface area contributed by atoms with Crippen molar-refractivity contribution in [2.75, 3.05) is 0 Å². The van der Waals surface area contributed by atoms with Crippen molar-refractivity contribution in [2.24, 2.45) is 0 Å². The van der Waals surface area contributed by atoms with Gasteiger partial charge in [0.15, 0.2) is 0 Å². The fourth-order valence-electron chi connectivity index (χ4n) is 4.63. The van der Waals surface area contributed by atoms with Gasteiger partial charge in [-0.05, 0) is 36.4 Å². The van der Waals surface area contributed by atoms with Crippen molar-refractivity contribution >= 4 is 43.9 Å². The first kappa shape index (κ1) is 17.1. The number of benzene rings is 2. The lowest BCUT2D eigenvalue weighted by Gasteiger charge is -2.10. The van der Waals surface area contributed by atoms with Gasteiger partial charge in [-0.25, -0.2) is 9.97 Å². The standard InChI is InChI=1S/C26H16N6/c1-3-11-19-17(9-1)23-25(31(19)21-13-5-7-15-27-21)26-24(30-29-23)18-10-2-4-12-20(18)32(26)22-14-6-8-16-28-22/h1-16H. The summed E-state index contributed by atoms with van der Waals surface area (Å²) in [5.41, 5.74) is 5.72. The highest BCUT2D eigenvalue weighted by atomic mass is 15.2. The smallest absolute Gasteiger partial charge is 0.137 e. The lowest BCUT2D eigenvalue weighted by Crippen LogP contribution is -2.02. The Bertz CT molecular complexity index is 1630. The van der Waals surface area contributed by atoms with E-state index in [9.17, 15) is 0 Å². The third-order valence-corrected chi connectivity index (χ3v) is 5.93. The fraction of sp³-hybridized carbons (Fsp3) is 0. The van der Waals surface area contributed by atoms with E-state index in [2.05, 4.69) is 43.4 Å². The predicted octanol–water partition coefficient (Wildman–Crippen LogP) is 5.46. The van der Waals surface area contributed by atoms with Crippen LogP contribution in [0.25, 0.3) is 55.5 Å². The number of nitrogens with zero attached hydrogens (tertiary/aromatic N) is 6. The van der Waals surface area contributed by atoms with E-state index in [-0.39, 0.29) is 0 Å². The van der Waals surface area contributed by atoms with Gasteiger partial charge in [0.05, 0.1) is 11.0 Å². The van der Waals surface area contributed by atoms with Gasteiger partial charge in [-0.15, -0.1) is 10.2 Å². The zero-order valence-corrected chi connectivity index (χ0v) is 16.9. The molecule has 0 saturated carbocycles. The first-order valence-electron chi connectivity index (χ1n) is 10.4. The van der Waals surface area contributed by atoms with Crippen molar-refractivity contribution in [3.63, 3.8) is 0 Å². The molecule has 5 aromatic heterocycles. The molecule has 0 fully saturated rings. The highest BCUT2D eigenvalue weighted by molar-refractivity contribution is 6.20. The highest BCUT2D eigenvalue weighted by Crippen LogP contribution is 2.38. The molecule has 0 aliphatic rings.